The normalized spacial score (nSPS) is 10.6. The first-order valence-electron chi connectivity index (χ1n) is 7.50. The lowest BCUT2D eigenvalue weighted by Gasteiger charge is -2.08. The Morgan fingerprint density at radius 2 is 2.12 bits per heavy atom. The number of nitrogens with zero attached hydrogens (tertiary/aromatic N) is 2. The first kappa shape index (κ1) is 16.4. The van der Waals surface area contributed by atoms with Crippen LogP contribution in [0.4, 0.5) is 0 Å². The molecule has 3 rings (SSSR count). The van der Waals surface area contributed by atoms with Gasteiger partial charge in [-0.15, -0.1) is 0 Å². The lowest BCUT2D eigenvalue weighted by molar-refractivity contribution is -0.143. The zero-order valence-electron chi connectivity index (χ0n) is 13.4. The summed E-state index contributed by atoms with van der Waals surface area (Å²) in [6.45, 7) is 1.33. The molecule has 0 bridgehead atoms. The fourth-order valence-corrected chi connectivity index (χ4v) is 2.29. The summed E-state index contributed by atoms with van der Waals surface area (Å²) < 4.78 is 11.4. The van der Waals surface area contributed by atoms with E-state index in [1.165, 1.54) is 22.8 Å². The number of hydrogen-bond donors (Lipinski definition) is 1. The maximum absolute atomic E-state index is 12.1. The molecule has 0 fully saturated rings. The zero-order chi connectivity index (χ0) is 17.8. The van der Waals surface area contributed by atoms with E-state index in [2.05, 4.69) is 10.3 Å². The van der Waals surface area contributed by atoms with Crippen molar-refractivity contribution in [3.8, 4) is 0 Å². The minimum Gasteiger partial charge on any atom is -0.459 e. The third kappa shape index (κ3) is 3.74. The Balaban J connectivity index is 1.60. The van der Waals surface area contributed by atoms with E-state index in [4.69, 9.17) is 9.15 Å². The molecule has 3 aromatic heterocycles. The second kappa shape index (κ2) is 7.00. The van der Waals surface area contributed by atoms with Crippen molar-refractivity contribution in [3.05, 3.63) is 70.2 Å². The highest BCUT2D eigenvalue weighted by atomic mass is 16.5. The molecule has 0 atom stereocenters. The number of furan rings is 1. The number of rotatable bonds is 5. The van der Waals surface area contributed by atoms with Gasteiger partial charge in [0.05, 0.1) is 12.0 Å². The summed E-state index contributed by atoms with van der Waals surface area (Å²) in [6.07, 6.45) is 1.36. The summed E-state index contributed by atoms with van der Waals surface area (Å²) in [5.74, 6) is -1.06. The maximum atomic E-state index is 12.1. The van der Waals surface area contributed by atoms with Crippen molar-refractivity contribution in [2.45, 2.75) is 13.5 Å². The number of carbonyl (C=O) groups is 2. The van der Waals surface area contributed by atoms with Crippen LogP contribution in [-0.2, 0) is 16.1 Å². The van der Waals surface area contributed by atoms with Gasteiger partial charge in [-0.05, 0) is 31.2 Å². The van der Waals surface area contributed by atoms with Gasteiger partial charge >= 0.3 is 5.97 Å². The van der Waals surface area contributed by atoms with Crippen molar-refractivity contribution in [1.29, 1.82) is 0 Å². The van der Waals surface area contributed by atoms with Gasteiger partial charge in [0, 0.05) is 11.8 Å². The third-order valence-corrected chi connectivity index (χ3v) is 3.45. The van der Waals surface area contributed by atoms with Crippen molar-refractivity contribution >= 4 is 17.5 Å². The molecule has 0 aromatic carbocycles. The Bertz CT molecular complexity index is 976. The van der Waals surface area contributed by atoms with Crippen molar-refractivity contribution in [2.75, 3.05) is 6.54 Å². The third-order valence-electron chi connectivity index (χ3n) is 3.45. The van der Waals surface area contributed by atoms with E-state index in [9.17, 15) is 14.4 Å². The average molecular weight is 341 g/mol. The monoisotopic (exact) mass is 341 g/mol. The number of hydrogen-bond acceptors (Lipinski definition) is 6. The van der Waals surface area contributed by atoms with Crippen LogP contribution in [0.3, 0.4) is 0 Å². The molecule has 8 nitrogen and oxygen atoms in total. The molecule has 0 saturated heterocycles. The Labute approximate surface area is 142 Å². The van der Waals surface area contributed by atoms with Crippen LogP contribution in [-0.4, -0.2) is 27.8 Å². The molecule has 0 unspecified atom stereocenters. The topological polar surface area (TPSA) is 103 Å². The Hall–Kier alpha value is -3.42. The number of pyridine rings is 1. The van der Waals surface area contributed by atoms with E-state index in [-0.39, 0.29) is 24.5 Å². The quantitative estimate of drug-likeness (QED) is 0.696. The molecule has 0 radical (unpaired) electrons. The number of amides is 1. The molecule has 1 N–H and O–H groups in total. The van der Waals surface area contributed by atoms with Crippen molar-refractivity contribution in [3.63, 3.8) is 0 Å². The van der Waals surface area contributed by atoms with E-state index in [0.717, 1.165) is 5.69 Å². The molecule has 0 aliphatic heterocycles. The minimum absolute atomic E-state index is 0.104. The van der Waals surface area contributed by atoms with Crippen LogP contribution in [0, 0.1) is 6.92 Å². The summed E-state index contributed by atoms with van der Waals surface area (Å²) in [7, 11) is 0. The highest BCUT2D eigenvalue weighted by Gasteiger charge is 2.12. The van der Waals surface area contributed by atoms with Crippen LogP contribution in [0.2, 0.25) is 0 Å². The minimum atomic E-state index is -0.647. The summed E-state index contributed by atoms with van der Waals surface area (Å²) in [5.41, 5.74) is 1.32. The molecule has 3 heterocycles. The van der Waals surface area contributed by atoms with E-state index < -0.39 is 11.9 Å². The van der Waals surface area contributed by atoms with Gasteiger partial charge in [0.1, 0.15) is 18.8 Å². The first-order chi connectivity index (χ1) is 12.0. The zero-order valence-corrected chi connectivity index (χ0v) is 13.4. The largest absolute Gasteiger partial charge is 0.459 e. The Morgan fingerprint density at radius 3 is 2.88 bits per heavy atom. The predicted molar refractivity (Wildman–Crippen MR) is 87.0 cm³/mol. The van der Waals surface area contributed by atoms with Crippen molar-refractivity contribution in [2.24, 2.45) is 0 Å². The number of aryl methyl sites for hydroxylation is 1. The maximum Gasteiger partial charge on any atom is 0.325 e. The Kier molecular flexibility index (Phi) is 4.60. The number of nitrogens with one attached hydrogen (secondary N) is 1. The lowest BCUT2D eigenvalue weighted by Crippen LogP contribution is -2.30. The van der Waals surface area contributed by atoms with Crippen LogP contribution in [0.5, 0.6) is 0 Å². The summed E-state index contributed by atoms with van der Waals surface area (Å²) >= 11 is 0. The number of fused-ring (bicyclic) bond motifs is 1. The highest BCUT2D eigenvalue weighted by molar-refractivity contribution is 5.93. The highest BCUT2D eigenvalue weighted by Crippen LogP contribution is 2.04. The number of esters is 1. The van der Waals surface area contributed by atoms with Crippen LogP contribution < -0.4 is 10.9 Å². The second-order valence-corrected chi connectivity index (χ2v) is 5.27. The van der Waals surface area contributed by atoms with E-state index in [1.54, 1.807) is 31.2 Å². The van der Waals surface area contributed by atoms with Gasteiger partial charge in [0.2, 0.25) is 0 Å². The molecule has 25 heavy (non-hydrogen) atoms. The van der Waals surface area contributed by atoms with Gasteiger partial charge < -0.3 is 14.5 Å². The van der Waals surface area contributed by atoms with E-state index in [0.29, 0.717) is 11.3 Å². The van der Waals surface area contributed by atoms with Crippen molar-refractivity contribution < 1.29 is 18.7 Å². The Morgan fingerprint density at radius 1 is 1.28 bits per heavy atom. The van der Waals surface area contributed by atoms with Gasteiger partial charge in [-0.3, -0.25) is 18.8 Å². The first-order valence-corrected chi connectivity index (χ1v) is 7.50. The molecular weight excluding hydrogens is 326 g/mol. The molecular formula is C17H15N3O5. The van der Waals surface area contributed by atoms with E-state index in [1.807, 2.05) is 0 Å². The fourth-order valence-electron chi connectivity index (χ4n) is 2.29. The van der Waals surface area contributed by atoms with Crippen molar-refractivity contribution in [1.82, 2.24) is 14.7 Å². The fraction of sp³-hybridized carbons (Fsp3) is 0.176. The molecule has 8 heteroatoms. The van der Waals surface area contributed by atoms with Crippen LogP contribution >= 0.6 is 0 Å². The molecule has 1 amide bonds. The van der Waals surface area contributed by atoms with Gasteiger partial charge in [0.25, 0.3) is 11.5 Å². The number of carbonyl (C=O) groups excluding carboxylic acids is 2. The lowest BCUT2D eigenvalue weighted by atomic mass is 10.3. The molecule has 3 aromatic rings. The van der Waals surface area contributed by atoms with Crippen LogP contribution in [0.25, 0.3) is 5.65 Å². The van der Waals surface area contributed by atoms with Crippen LogP contribution in [0.15, 0.2) is 51.9 Å². The summed E-state index contributed by atoms with van der Waals surface area (Å²) in [4.78, 5) is 39.8. The average Bonchev–Trinajstić information content (AvgIpc) is 3.12. The van der Waals surface area contributed by atoms with Gasteiger partial charge in [-0.1, -0.05) is 6.07 Å². The number of ether oxygens (including phenoxy) is 1. The molecule has 0 aliphatic carbocycles. The predicted octanol–water partition coefficient (Wildman–Crippen LogP) is 1.07. The van der Waals surface area contributed by atoms with Crippen LogP contribution in [0.1, 0.15) is 21.9 Å². The standard InChI is InChI=1S/C17H15N3O5/c1-11-4-2-6-14-19-12(8-15(21)20(11)14)10-25-16(22)9-18-17(23)13-5-3-7-24-13/h2-8H,9-10H2,1H3,(H,18,23). The second-order valence-electron chi connectivity index (χ2n) is 5.27. The van der Waals surface area contributed by atoms with E-state index >= 15 is 0 Å². The molecule has 128 valence electrons. The van der Waals surface area contributed by atoms with Gasteiger partial charge in [0.15, 0.2) is 5.76 Å². The summed E-state index contributed by atoms with van der Waals surface area (Å²) in [5, 5.41) is 2.38. The molecule has 0 aliphatic rings. The van der Waals surface area contributed by atoms with Gasteiger partial charge in [-0.25, -0.2) is 4.98 Å². The SMILES string of the molecule is Cc1cccc2nc(COC(=O)CNC(=O)c3ccco3)cc(=O)n12. The molecule has 0 saturated carbocycles. The number of aromatic nitrogens is 2. The molecule has 0 spiro atoms. The smallest absolute Gasteiger partial charge is 0.325 e. The summed E-state index contributed by atoms with van der Waals surface area (Å²) in [6, 6.07) is 9.65. The van der Waals surface area contributed by atoms with Gasteiger partial charge in [-0.2, -0.15) is 0 Å².